The predicted octanol–water partition coefficient (Wildman–Crippen LogP) is 7.26. The molecule has 2 bridgehead atoms. The first-order valence-electron chi connectivity index (χ1n) is 18.9. The van der Waals surface area contributed by atoms with E-state index in [1.54, 1.807) is 0 Å². The van der Waals surface area contributed by atoms with Crippen LogP contribution < -0.4 is 5.32 Å². The number of H-pyrrole nitrogens is 2. The summed E-state index contributed by atoms with van der Waals surface area (Å²) in [4.78, 5) is 59.6. The molecule has 3 aliphatic heterocycles. The molecule has 56 heavy (non-hydrogen) atoms. The molecule has 2 fully saturated rings. The van der Waals surface area contributed by atoms with Crippen LogP contribution in [0.15, 0.2) is 42.6 Å². The number of aryl methyl sites for hydroxylation is 1. The van der Waals surface area contributed by atoms with Gasteiger partial charge < -0.3 is 29.8 Å². The molecule has 4 atom stereocenters. The molecule has 304 valence electrons. The summed E-state index contributed by atoms with van der Waals surface area (Å²) in [7, 11) is 1.32. The summed E-state index contributed by atoms with van der Waals surface area (Å²) in [5, 5.41) is 2.77. The molecule has 4 aromatic rings. The molecule has 0 saturated carbocycles. The minimum Gasteiger partial charge on any atom is -0.453 e. The zero-order valence-corrected chi connectivity index (χ0v) is 36.6. The standard InChI is InChI=1S/C41H49N7O4.4H2S/c1-25(2)26(3)39(49)47-20-8-12-34(47)37-42-24-33(44-37)29-18-16-27(17-19-29)14-15-28-22-30-10-6-5-7-11-31(45-41(51)52-4)40(50)48-21-9-13-35(48)38-43-32(23-28)36(30)46-38;;;;/h16-19,22-26,31,34-35H,5-13,20-21H2,1-4H3,(H,42,44)(H,43,46)(H,45,51);4*1H2/t26-,31-,34-,35-;;;;/m0..../s1. The van der Waals surface area contributed by atoms with Crippen molar-refractivity contribution in [2.75, 3.05) is 20.2 Å². The molecule has 11 nitrogen and oxygen atoms in total. The van der Waals surface area contributed by atoms with Gasteiger partial charge in [-0.2, -0.15) is 54.0 Å². The van der Waals surface area contributed by atoms with Gasteiger partial charge in [-0.05, 0) is 86.3 Å². The Morgan fingerprint density at radius 3 is 2.30 bits per heavy atom. The molecular weight excluding hydrogens is 783 g/mol. The maximum atomic E-state index is 13.7. The second-order valence-corrected chi connectivity index (χ2v) is 14.9. The molecule has 3 N–H and O–H groups in total. The van der Waals surface area contributed by atoms with E-state index in [1.165, 1.54) is 7.11 Å². The number of imidazole rings is 2. The average molecular weight is 840 g/mol. The van der Waals surface area contributed by atoms with Crippen molar-refractivity contribution in [3.63, 3.8) is 0 Å². The third-order valence-corrected chi connectivity index (χ3v) is 11.1. The van der Waals surface area contributed by atoms with Crippen LogP contribution in [-0.4, -0.2) is 73.9 Å². The van der Waals surface area contributed by atoms with E-state index in [2.05, 4.69) is 65.2 Å². The third kappa shape index (κ3) is 10.0. The first-order chi connectivity index (χ1) is 25.2. The number of carbonyl (C=O) groups excluding carboxylic acids is 3. The highest BCUT2D eigenvalue weighted by molar-refractivity contribution is 7.59. The zero-order chi connectivity index (χ0) is 36.4. The van der Waals surface area contributed by atoms with Crippen LogP contribution in [0.25, 0.3) is 22.3 Å². The first-order valence-corrected chi connectivity index (χ1v) is 18.9. The number of aromatic amines is 2. The summed E-state index contributed by atoms with van der Waals surface area (Å²) in [6.07, 6.45) is 8.95. The van der Waals surface area contributed by atoms with E-state index in [1.807, 2.05) is 35.1 Å². The van der Waals surface area contributed by atoms with Crippen LogP contribution in [0, 0.1) is 23.7 Å². The molecule has 0 spiro atoms. The van der Waals surface area contributed by atoms with Gasteiger partial charge in [-0.25, -0.2) is 14.8 Å². The summed E-state index contributed by atoms with van der Waals surface area (Å²) < 4.78 is 4.82. The molecule has 3 amide bonds. The first kappa shape index (κ1) is 46.7. The number of likely N-dealkylation sites (tertiary alicyclic amines) is 1. The molecule has 2 aromatic heterocycles. The Balaban J connectivity index is 0.00000210. The number of benzene rings is 2. The second kappa shape index (κ2) is 20.6. The van der Waals surface area contributed by atoms with E-state index in [0.29, 0.717) is 18.9 Å². The van der Waals surface area contributed by atoms with Gasteiger partial charge in [-0.15, -0.1) is 0 Å². The fourth-order valence-corrected chi connectivity index (χ4v) is 7.83. The van der Waals surface area contributed by atoms with Gasteiger partial charge in [0.25, 0.3) is 0 Å². The number of methoxy groups -OCH3 is 1. The molecule has 0 unspecified atom stereocenters. The normalized spacial score (nSPS) is 19.7. The van der Waals surface area contributed by atoms with E-state index in [9.17, 15) is 14.4 Å². The number of fused-ring (bicyclic) bond motifs is 3. The van der Waals surface area contributed by atoms with Crippen molar-refractivity contribution in [1.82, 2.24) is 35.1 Å². The number of nitrogens with zero attached hydrogens (tertiary/aromatic N) is 4. The summed E-state index contributed by atoms with van der Waals surface area (Å²) in [6, 6.07) is 11.6. The lowest BCUT2D eigenvalue weighted by atomic mass is 9.96. The lowest BCUT2D eigenvalue weighted by molar-refractivity contribution is -0.137. The van der Waals surface area contributed by atoms with Gasteiger partial charge in [0, 0.05) is 30.1 Å². The summed E-state index contributed by atoms with van der Waals surface area (Å²) in [5.41, 5.74) is 6.77. The van der Waals surface area contributed by atoms with Crippen molar-refractivity contribution in [3.05, 3.63) is 70.9 Å². The monoisotopic (exact) mass is 839 g/mol. The van der Waals surface area contributed by atoms with Gasteiger partial charge in [-0.1, -0.05) is 57.6 Å². The number of rotatable bonds is 5. The largest absolute Gasteiger partial charge is 0.453 e. The van der Waals surface area contributed by atoms with Crippen molar-refractivity contribution >= 4 is 82.9 Å². The summed E-state index contributed by atoms with van der Waals surface area (Å²) >= 11 is 0. The third-order valence-electron chi connectivity index (χ3n) is 11.1. The molecule has 2 aromatic carbocycles. The van der Waals surface area contributed by atoms with Gasteiger partial charge in [0.15, 0.2) is 0 Å². The van der Waals surface area contributed by atoms with Crippen molar-refractivity contribution in [2.24, 2.45) is 11.8 Å². The zero-order valence-electron chi connectivity index (χ0n) is 32.6. The molecule has 3 aliphatic rings. The Labute approximate surface area is 358 Å². The lowest BCUT2D eigenvalue weighted by Gasteiger charge is -2.28. The van der Waals surface area contributed by atoms with Crippen LogP contribution in [0.1, 0.15) is 113 Å². The van der Waals surface area contributed by atoms with Gasteiger partial charge >= 0.3 is 6.09 Å². The molecule has 0 radical (unpaired) electrons. The smallest absolute Gasteiger partial charge is 0.407 e. The maximum Gasteiger partial charge on any atom is 0.407 e. The number of hydrogen-bond donors (Lipinski definition) is 3. The molecule has 0 aliphatic carbocycles. The minimum atomic E-state index is -0.614. The number of hydrogen-bond acceptors (Lipinski definition) is 6. The molecule has 2 saturated heterocycles. The average Bonchev–Trinajstić information content (AvgIpc) is 3.98. The van der Waals surface area contributed by atoms with Crippen molar-refractivity contribution in [3.8, 4) is 23.1 Å². The topological polar surface area (TPSA) is 136 Å². The van der Waals surface area contributed by atoms with Gasteiger partial charge in [-0.3, -0.25) is 9.59 Å². The number of carbonyl (C=O) groups is 3. The fourth-order valence-electron chi connectivity index (χ4n) is 7.83. The highest BCUT2D eigenvalue weighted by Gasteiger charge is 2.37. The Morgan fingerprint density at radius 2 is 1.57 bits per heavy atom. The summed E-state index contributed by atoms with van der Waals surface area (Å²) in [6.45, 7) is 7.62. The van der Waals surface area contributed by atoms with Crippen LogP contribution in [-0.2, 0) is 20.7 Å². The Hall–Kier alpha value is -3.71. The molecule has 15 heteroatoms. The van der Waals surface area contributed by atoms with Crippen LogP contribution in [0.4, 0.5) is 4.79 Å². The maximum absolute atomic E-state index is 13.7. The van der Waals surface area contributed by atoms with Crippen LogP contribution >= 0.6 is 54.0 Å². The Morgan fingerprint density at radius 1 is 0.857 bits per heavy atom. The van der Waals surface area contributed by atoms with Gasteiger partial charge in [0.2, 0.25) is 11.8 Å². The molecular formula is C41H57N7O4S4. The van der Waals surface area contributed by atoms with Crippen LogP contribution in [0.3, 0.4) is 0 Å². The second-order valence-electron chi connectivity index (χ2n) is 14.9. The highest BCUT2D eigenvalue weighted by Crippen LogP contribution is 2.35. The van der Waals surface area contributed by atoms with E-state index in [0.717, 1.165) is 109 Å². The quantitative estimate of drug-likeness (QED) is 0.181. The van der Waals surface area contributed by atoms with E-state index in [-0.39, 0.29) is 83.8 Å². The number of amides is 3. The lowest BCUT2D eigenvalue weighted by Crippen LogP contribution is -2.48. The fraction of sp³-hybridized carbons (Fsp3) is 0.488. The highest BCUT2D eigenvalue weighted by atomic mass is 32.1. The minimum absolute atomic E-state index is 0. The van der Waals surface area contributed by atoms with E-state index >= 15 is 0 Å². The number of ether oxygens (including phenoxy) is 1. The number of nitrogens with one attached hydrogen (secondary N) is 3. The van der Waals surface area contributed by atoms with Crippen LogP contribution in [0.5, 0.6) is 0 Å². The number of aromatic nitrogens is 4. The van der Waals surface area contributed by atoms with Crippen molar-refractivity contribution in [2.45, 2.75) is 96.7 Å². The van der Waals surface area contributed by atoms with E-state index < -0.39 is 12.1 Å². The van der Waals surface area contributed by atoms with Gasteiger partial charge in [0.05, 0.1) is 42.1 Å². The Bertz CT molecular complexity index is 2020. The van der Waals surface area contributed by atoms with Crippen molar-refractivity contribution in [1.29, 1.82) is 0 Å². The van der Waals surface area contributed by atoms with E-state index in [4.69, 9.17) is 14.7 Å². The van der Waals surface area contributed by atoms with Crippen molar-refractivity contribution < 1.29 is 19.1 Å². The molecule has 7 rings (SSSR count). The number of alkyl carbamates (subject to hydrolysis) is 1. The van der Waals surface area contributed by atoms with Crippen LogP contribution in [0.2, 0.25) is 0 Å². The Kier molecular flexibility index (Phi) is 17.2. The predicted molar refractivity (Wildman–Crippen MR) is 241 cm³/mol. The molecule has 5 heterocycles. The summed E-state index contributed by atoms with van der Waals surface area (Å²) in [5.74, 6) is 8.78. The SMILES string of the molecule is COC(=O)N[C@H]1CCCCCc2cc(C#Cc3ccc(-c4cnc([C@@H]5CCCN5C(=O)[C@@H](C)C(C)C)[nH]4)cc3)cc3[nH]c(nc23)[C@@H]2CCCN2C1=O.S.S.S.S. The van der Waals surface area contributed by atoms with Gasteiger partial charge in [0.1, 0.15) is 17.7 Å².